The predicted octanol–water partition coefficient (Wildman–Crippen LogP) is 4.27. The van der Waals surface area contributed by atoms with Crippen LogP contribution in [0.25, 0.3) is 11.3 Å². The summed E-state index contributed by atoms with van der Waals surface area (Å²) in [6.45, 7) is 3.60. The number of nitrogens with two attached hydrogens (primary N) is 1. The van der Waals surface area contributed by atoms with Gasteiger partial charge in [-0.25, -0.2) is 0 Å². The van der Waals surface area contributed by atoms with Gasteiger partial charge in [-0.15, -0.1) is 0 Å². The van der Waals surface area contributed by atoms with Gasteiger partial charge in [0.25, 0.3) is 5.91 Å². The van der Waals surface area contributed by atoms with Gasteiger partial charge in [-0.05, 0) is 36.8 Å². The summed E-state index contributed by atoms with van der Waals surface area (Å²) in [6.07, 6.45) is 5.04. The van der Waals surface area contributed by atoms with Crippen molar-refractivity contribution in [2.24, 2.45) is 11.1 Å². The van der Waals surface area contributed by atoms with Crippen LogP contribution < -0.4 is 5.73 Å². The first-order chi connectivity index (χ1) is 13.8. The van der Waals surface area contributed by atoms with Gasteiger partial charge < -0.3 is 10.6 Å². The van der Waals surface area contributed by atoms with Crippen LogP contribution in [0.4, 0.5) is 0 Å². The molecule has 6 nitrogen and oxygen atoms in total. The number of amides is 2. The number of carbonyl (C=O) groups excluding carboxylic acids is 2. The zero-order valence-electron chi connectivity index (χ0n) is 16.4. The average molecular weight is 435 g/mol. The Kier molecular flexibility index (Phi) is 5.34. The highest BCUT2D eigenvalue weighted by Gasteiger charge is 2.39. The smallest absolute Gasteiger partial charge is 0.252 e. The fraction of sp³-hybridized carbons (Fsp3) is 0.476. The Balaban J connectivity index is 1.64. The summed E-state index contributed by atoms with van der Waals surface area (Å²) >= 11 is 12.2. The van der Waals surface area contributed by atoms with Crippen LogP contribution in [-0.4, -0.2) is 33.0 Å². The van der Waals surface area contributed by atoms with Gasteiger partial charge in [0.05, 0.1) is 34.4 Å². The third-order valence-corrected chi connectivity index (χ3v) is 7.20. The van der Waals surface area contributed by atoms with E-state index < -0.39 is 5.91 Å². The Morgan fingerprint density at radius 2 is 1.97 bits per heavy atom. The molecule has 0 spiro atoms. The number of hydrogen-bond donors (Lipinski definition) is 1. The van der Waals surface area contributed by atoms with Crippen LogP contribution in [0.15, 0.2) is 18.2 Å². The zero-order chi connectivity index (χ0) is 20.8. The fourth-order valence-corrected chi connectivity index (χ4v) is 4.70. The van der Waals surface area contributed by atoms with Gasteiger partial charge in [0.15, 0.2) is 0 Å². The maximum atomic E-state index is 13.0. The first kappa shape index (κ1) is 20.2. The van der Waals surface area contributed by atoms with Crippen molar-refractivity contribution in [2.75, 3.05) is 6.54 Å². The molecule has 8 heteroatoms. The Hall–Kier alpha value is -2.05. The summed E-state index contributed by atoms with van der Waals surface area (Å²) in [5, 5.41) is 5.41. The Bertz CT molecular complexity index is 976. The maximum Gasteiger partial charge on any atom is 0.252 e. The van der Waals surface area contributed by atoms with Gasteiger partial charge in [-0.2, -0.15) is 5.10 Å². The third-order valence-electron chi connectivity index (χ3n) is 6.46. The van der Waals surface area contributed by atoms with Crippen molar-refractivity contribution in [3.63, 3.8) is 0 Å². The lowest BCUT2D eigenvalue weighted by molar-refractivity contribution is -0.137. The number of hydrogen-bond acceptors (Lipinski definition) is 3. The van der Waals surface area contributed by atoms with Crippen molar-refractivity contribution in [2.45, 2.75) is 52.1 Å². The zero-order valence-corrected chi connectivity index (χ0v) is 17.9. The standard InChI is InChI=1S/C21H24Cl2N4O2/c1-2-21(6-3-7-21)11-17(28)26-8-9-27-16(12-26)18(20(24)29)19(25-27)13-4-5-14(22)15(23)10-13/h4-5,10H,2-3,6-9,11-12H2,1H3,(H2,24,29). The second-order valence-corrected chi connectivity index (χ2v) is 8.90. The summed E-state index contributed by atoms with van der Waals surface area (Å²) in [5.74, 6) is -0.420. The van der Waals surface area contributed by atoms with E-state index in [1.165, 1.54) is 6.42 Å². The Morgan fingerprint density at radius 3 is 2.55 bits per heavy atom. The second-order valence-electron chi connectivity index (χ2n) is 8.09. The highest BCUT2D eigenvalue weighted by molar-refractivity contribution is 6.42. The van der Waals surface area contributed by atoms with Crippen LogP contribution in [0.5, 0.6) is 0 Å². The number of benzene rings is 1. The van der Waals surface area contributed by atoms with Crippen molar-refractivity contribution in [1.82, 2.24) is 14.7 Å². The van der Waals surface area contributed by atoms with E-state index in [0.29, 0.717) is 58.6 Å². The van der Waals surface area contributed by atoms with Crippen molar-refractivity contribution < 1.29 is 9.59 Å². The van der Waals surface area contributed by atoms with Gasteiger partial charge in [-0.1, -0.05) is 42.6 Å². The summed E-state index contributed by atoms with van der Waals surface area (Å²) in [6, 6.07) is 5.11. The first-order valence-corrected chi connectivity index (χ1v) is 10.7. The molecule has 0 bridgehead atoms. The molecule has 1 fully saturated rings. The second kappa shape index (κ2) is 7.65. The third kappa shape index (κ3) is 3.64. The van der Waals surface area contributed by atoms with Crippen molar-refractivity contribution >= 4 is 35.0 Å². The summed E-state index contributed by atoms with van der Waals surface area (Å²) in [7, 11) is 0. The molecule has 2 heterocycles. The molecule has 0 radical (unpaired) electrons. The summed E-state index contributed by atoms with van der Waals surface area (Å²) < 4.78 is 1.78. The molecule has 2 aromatic rings. The lowest BCUT2D eigenvalue weighted by Crippen LogP contribution is -2.43. The van der Waals surface area contributed by atoms with E-state index in [-0.39, 0.29) is 11.3 Å². The molecular formula is C21H24Cl2N4O2. The first-order valence-electron chi connectivity index (χ1n) is 9.96. The summed E-state index contributed by atoms with van der Waals surface area (Å²) in [4.78, 5) is 27.1. The largest absolute Gasteiger partial charge is 0.365 e. The lowest BCUT2D eigenvalue weighted by Gasteiger charge is -2.42. The molecule has 2 amide bonds. The normalized spacial score (nSPS) is 17.6. The molecule has 1 aliphatic heterocycles. The van der Waals surface area contributed by atoms with Crippen molar-refractivity contribution in [3.8, 4) is 11.3 Å². The van der Waals surface area contributed by atoms with E-state index in [9.17, 15) is 9.59 Å². The molecule has 1 aromatic carbocycles. The van der Waals surface area contributed by atoms with Crippen LogP contribution in [0.2, 0.25) is 10.0 Å². The van der Waals surface area contributed by atoms with Gasteiger partial charge in [0.1, 0.15) is 5.69 Å². The molecule has 1 aliphatic carbocycles. The van der Waals surface area contributed by atoms with Crippen LogP contribution in [0.1, 0.15) is 55.1 Å². The molecule has 2 aliphatic rings. The molecule has 4 rings (SSSR count). The Morgan fingerprint density at radius 1 is 1.21 bits per heavy atom. The van der Waals surface area contributed by atoms with Crippen molar-refractivity contribution in [3.05, 3.63) is 39.5 Å². The number of carbonyl (C=O) groups is 2. The van der Waals surface area contributed by atoms with Gasteiger partial charge in [-0.3, -0.25) is 14.3 Å². The molecule has 1 aromatic heterocycles. The number of rotatable bonds is 5. The van der Waals surface area contributed by atoms with E-state index in [4.69, 9.17) is 28.9 Å². The quantitative estimate of drug-likeness (QED) is 0.762. The molecule has 0 unspecified atom stereocenters. The lowest BCUT2D eigenvalue weighted by atomic mass is 9.65. The van der Waals surface area contributed by atoms with E-state index in [1.54, 1.807) is 22.9 Å². The molecule has 2 N–H and O–H groups in total. The number of primary amides is 1. The van der Waals surface area contributed by atoms with Gasteiger partial charge >= 0.3 is 0 Å². The minimum atomic E-state index is -0.564. The number of fused-ring (bicyclic) bond motifs is 1. The molecule has 0 saturated heterocycles. The molecule has 29 heavy (non-hydrogen) atoms. The van der Waals surface area contributed by atoms with Crippen LogP contribution in [0, 0.1) is 5.41 Å². The highest BCUT2D eigenvalue weighted by atomic mass is 35.5. The van der Waals surface area contributed by atoms with Gasteiger partial charge in [0, 0.05) is 18.5 Å². The molecule has 154 valence electrons. The van der Waals surface area contributed by atoms with Crippen LogP contribution in [-0.2, 0) is 17.9 Å². The minimum Gasteiger partial charge on any atom is -0.365 e. The SMILES string of the molecule is CCC1(CC(=O)N2CCn3nc(-c4ccc(Cl)c(Cl)c4)c(C(N)=O)c3C2)CCC1. The summed E-state index contributed by atoms with van der Waals surface area (Å²) in [5.41, 5.74) is 8.04. The average Bonchev–Trinajstić information content (AvgIpc) is 3.05. The minimum absolute atomic E-state index is 0.144. The fourth-order valence-electron chi connectivity index (χ4n) is 4.40. The Labute approximate surface area is 179 Å². The number of aromatic nitrogens is 2. The number of halogens is 2. The van der Waals surface area contributed by atoms with E-state index in [1.807, 2.05) is 4.90 Å². The van der Waals surface area contributed by atoms with E-state index >= 15 is 0 Å². The molecule has 0 atom stereocenters. The monoisotopic (exact) mass is 434 g/mol. The van der Waals surface area contributed by atoms with E-state index in [2.05, 4.69) is 12.0 Å². The molecular weight excluding hydrogens is 411 g/mol. The highest BCUT2D eigenvalue weighted by Crippen LogP contribution is 2.47. The van der Waals surface area contributed by atoms with Crippen molar-refractivity contribution in [1.29, 1.82) is 0 Å². The predicted molar refractivity (Wildman–Crippen MR) is 113 cm³/mol. The maximum absolute atomic E-state index is 13.0. The topological polar surface area (TPSA) is 81.2 Å². The molecule has 1 saturated carbocycles. The van der Waals surface area contributed by atoms with Gasteiger partial charge in [0.2, 0.25) is 5.91 Å². The van der Waals surface area contributed by atoms with E-state index in [0.717, 1.165) is 19.3 Å². The number of nitrogens with zero attached hydrogens (tertiary/aromatic N) is 3. The van der Waals surface area contributed by atoms with Crippen LogP contribution in [0.3, 0.4) is 0 Å². The van der Waals surface area contributed by atoms with Crippen LogP contribution >= 0.6 is 23.2 Å².